The summed E-state index contributed by atoms with van der Waals surface area (Å²) in [5.74, 6) is -0.398. The maximum absolute atomic E-state index is 12.9. The van der Waals surface area contributed by atoms with E-state index < -0.39 is 5.82 Å². The minimum atomic E-state index is -0.531. The number of hydrogen-bond donors (Lipinski definition) is 1. The highest BCUT2D eigenvalue weighted by Crippen LogP contribution is 2.36. The normalized spacial score (nSPS) is 16.9. The number of carbonyl (C=O) groups excluding carboxylic acids is 1. The number of benzene rings is 1. The molecule has 2 nitrogen and oxygen atoms in total. The highest BCUT2D eigenvalue weighted by molar-refractivity contribution is 6.31. The molecule has 0 spiro atoms. The Hall–Kier alpha value is -0.800. The molecule has 0 radical (unpaired) electrons. The van der Waals surface area contributed by atoms with Gasteiger partial charge in [0, 0.05) is 11.4 Å². The summed E-state index contributed by atoms with van der Waals surface area (Å²) in [7, 11) is 0. The van der Waals surface area contributed by atoms with Crippen molar-refractivity contribution in [2.24, 2.45) is 0 Å². The molecule has 1 aromatic carbocycles. The van der Waals surface area contributed by atoms with Crippen molar-refractivity contribution in [3.8, 4) is 0 Å². The molecule has 1 fully saturated rings. The van der Waals surface area contributed by atoms with Crippen molar-refractivity contribution in [1.82, 2.24) is 5.32 Å². The lowest BCUT2D eigenvalue weighted by molar-refractivity contribution is 0.0936. The second kappa shape index (κ2) is 4.22. The number of alkyl halides is 1. The Morgan fingerprint density at radius 1 is 1.50 bits per heavy atom. The molecule has 1 amide bonds. The monoisotopic (exact) mass is 261 g/mol. The second-order valence-corrected chi connectivity index (χ2v) is 4.67. The van der Waals surface area contributed by atoms with E-state index >= 15 is 0 Å². The largest absolute Gasteiger partial charge is 0.345 e. The highest BCUT2D eigenvalue weighted by Gasteiger charge is 2.43. The molecule has 16 heavy (non-hydrogen) atoms. The van der Waals surface area contributed by atoms with Crippen LogP contribution >= 0.6 is 23.2 Å². The molecule has 0 bridgehead atoms. The fourth-order valence-corrected chi connectivity index (χ4v) is 1.91. The molecule has 0 heterocycles. The van der Waals surface area contributed by atoms with Crippen LogP contribution in [0.3, 0.4) is 0 Å². The van der Waals surface area contributed by atoms with Crippen LogP contribution in [0.2, 0.25) is 5.02 Å². The van der Waals surface area contributed by atoms with Gasteiger partial charge in [0.05, 0.1) is 10.6 Å². The number of carbonyl (C=O) groups is 1. The molecule has 0 unspecified atom stereocenters. The third kappa shape index (κ3) is 2.30. The summed E-state index contributed by atoms with van der Waals surface area (Å²) in [5.41, 5.74) is 0.0854. The van der Waals surface area contributed by atoms with Crippen molar-refractivity contribution in [3.05, 3.63) is 34.6 Å². The van der Waals surface area contributed by atoms with Gasteiger partial charge >= 0.3 is 0 Å². The summed E-state index contributed by atoms with van der Waals surface area (Å²) >= 11 is 11.3. The second-order valence-electron chi connectivity index (χ2n) is 4.00. The smallest absolute Gasteiger partial charge is 0.251 e. The average Bonchev–Trinajstić information content (AvgIpc) is 3.02. The van der Waals surface area contributed by atoms with Crippen LogP contribution < -0.4 is 5.32 Å². The van der Waals surface area contributed by atoms with Gasteiger partial charge in [-0.25, -0.2) is 4.39 Å². The van der Waals surface area contributed by atoms with Crippen molar-refractivity contribution in [1.29, 1.82) is 0 Å². The van der Waals surface area contributed by atoms with Crippen LogP contribution in [-0.2, 0) is 0 Å². The highest BCUT2D eigenvalue weighted by atomic mass is 35.5. The average molecular weight is 262 g/mol. The fourth-order valence-electron chi connectivity index (χ4n) is 1.39. The van der Waals surface area contributed by atoms with Crippen LogP contribution in [0.1, 0.15) is 23.2 Å². The first kappa shape index (κ1) is 11.7. The van der Waals surface area contributed by atoms with Crippen molar-refractivity contribution in [2.75, 3.05) is 5.88 Å². The van der Waals surface area contributed by atoms with Gasteiger partial charge in [-0.2, -0.15) is 0 Å². The van der Waals surface area contributed by atoms with Crippen molar-refractivity contribution >= 4 is 29.1 Å². The van der Waals surface area contributed by atoms with E-state index in [9.17, 15) is 9.18 Å². The predicted octanol–water partition coefficient (Wildman–Crippen LogP) is 2.98. The van der Waals surface area contributed by atoms with Gasteiger partial charge in [-0.15, -0.1) is 11.6 Å². The van der Waals surface area contributed by atoms with Gasteiger partial charge < -0.3 is 5.32 Å². The summed E-state index contributed by atoms with van der Waals surface area (Å²) in [6.07, 6.45) is 1.77. The minimum absolute atomic E-state index is 0.0524. The molecule has 0 atom stereocenters. The van der Waals surface area contributed by atoms with E-state index in [1.165, 1.54) is 18.2 Å². The molecule has 1 aliphatic rings. The SMILES string of the molecule is O=C(NC1(CCl)CC1)c1ccc(F)c(Cl)c1. The quantitative estimate of drug-likeness (QED) is 0.833. The zero-order valence-electron chi connectivity index (χ0n) is 8.40. The number of halogens is 3. The van der Waals surface area contributed by atoms with Gasteiger partial charge in [0.25, 0.3) is 5.91 Å². The standard InChI is InChI=1S/C11H10Cl2FNO/c12-6-11(3-4-11)15-10(16)7-1-2-9(14)8(13)5-7/h1-2,5H,3-4,6H2,(H,15,16). The predicted molar refractivity (Wildman–Crippen MR) is 61.6 cm³/mol. The lowest BCUT2D eigenvalue weighted by Gasteiger charge is -2.13. The van der Waals surface area contributed by atoms with Gasteiger partial charge in [-0.05, 0) is 31.0 Å². The molecule has 1 saturated carbocycles. The van der Waals surface area contributed by atoms with Gasteiger partial charge in [-0.3, -0.25) is 4.79 Å². The third-order valence-corrected chi connectivity index (χ3v) is 3.47. The zero-order valence-corrected chi connectivity index (χ0v) is 9.91. The molecule has 1 N–H and O–H groups in total. The summed E-state index contributed by atoms with van der Waals surface area (Å²) in [4.78, 5) is 11.8. The maximum Gasteiger partial charge on any atom is 0.251 e. The van der Waals surface area contributed by atoms with E-state index in [1.807, 2.05) is 0 Å². The zero-order chi connectivity index (χ0) is 11.8. The van der Waals surface area contributed by atoms with E-state index in [4.69, 9.17) is 23.2 Å². The van der Waals surface area contributed by atoms with E-state index in [1.54, 1.807) is 0 Å². The third-order valence-electron chi connectivity index (χ3n) is 2.67. The Labute approximate surface area is 103 Å². The van der Waals surface area contributed by atoms with Gasteiger partial charge in [-0.1, -0.05) is 11.6 Å². The maximum atomic E-state index is 12.9. The fraction of sp³-hybridized carbons (Fsp3) is 0.364. The van der Waals surface area contributed by atoms with Crippen molar-refractivity contribution < 1.29 is 9.18 Å². The van der Waals surface area contributed by atoms with Crippen LogP contribution in [0, 0.1) is 5.82 Å². The summed E-state index contributed by atoms with van der Waals surface area (Å²) in [6.45, 7) is 0. The summed E-state index contributed by atoms with van der Waals surface area (Å²) in [5, 5.41) is 2.78. The van der Waals surface area contributed by atoms with E-state index in [0.717, 1.165) is 12.8 Å². The van der Waals surface area contributed by atoms with Gasteiger partial charge in [0.1, 0.15) is 5.82 Å². The number of rotatable bonds is 3. The van der Waals surface area contributed by atoms with E-state index in [0.29, 0.717) is 11.4 Å². The first-order valence-electron chi connectivity index (χ1n) is 4.90. The van der Waals surface area contributed by atoms with Gasteiger partial charge in [0.2, 0.25) is 0 Å². The summed E-state index contributed by atoms with van der Waals surface area (Å²) < 4.78 is 12.9. The van der Waals surface area contributed by atoms with Crippen LogP contribution in [0.4, 0.5) is 4.39 Å². The molecule has 1 aliphatic carbocycles. The molecule has 0 aliphatic heterocycles. The molecular weight excluding hydrogens is 252 g/mol. The van der Waals surface area contributed by atoms with Crippen molar-refractivity contribution in [2.45, 2.75) is 18.4 Å². The first-order valence-corrected chi connectivity index (χ1v) is 5.81. The van der Waals surface area contributed by atoms with Crippen LogP contribution in [0.25, 0.3) is 0 Å². The lowest BCUT2D eigenvalue weighted by atomic mass is 10.2. The number of amides is 1. The van der Waals surface area contributed by atoms with Gasteiger partial charge in [0.15, 0.2) is 0 Å². The Morgan fingerprint density at radius 2 is 2.19 bits per heavy atom. The van der Waals surface area contributed by atoms with Crippen molar-refractivity contribution in [3.63, 3.8) is 0 Å². The molecule has 86 valence electrons. The van der Waals surface area contributed by atoms with E-state index in [-0.39, 0.29) is 16.5 Å². The molecule has 0 saturated heterocycles. The lowest BCUT2D eigenvalue weighted by Crippen LogP contribution is -2.38. The molecule has 5 heteroatoms. The minimum Gasteiger partial charge on any atom is -0.345 e. The molecule has 0 aromatic heterocycles. The van der Waals surface area contributed by atoms with Crippen LogP contribution in [-0.4, -0.2) is 17.3 Å². The number of hydrogen-bond acceptors (Lipinski definition) is 1. The Morgan fingerprint density at radius 3 is 2.69 bits per heavy atom. The number of nitrogens with one attached hydrogen (secondary N) is 1. The van der Waals surface area contributed by atoms with E-state index in [2.05, 4.69) is 5.32 Å². The molecule has 2 rings (SSSR count). The Bertz CT molecular complexity index is 432. The first-order chi connectivity index (χ1) is 7.56. The Balaban J connectivity index is 2.12. The van der Waals surface area contributed by atoms with Crippen LogP contribution in [0.15, 0.2) is 18.2 Å². The summed E-state index contributed by atoms with van der Waals surface area (Å²) in [6, 6.07) is 3.90. The Kier molecular flexibility index (Phi) is 3.08. The van der Waals surface area contributed by atoms with Crippen LogP contribution in [0.5, 0.6) is 0 Å². The molecule has 1 aromatic rings. The molecular formula is C11H10Cl2FNO. The topological polar surface area (TPSA) is 29.1 Å².